The summed E-state index contributed by atoms with van der Waals surface area (Å²) in [6.45, 7) is 10.9. The fraction of sp³-hybridized carbons (Fsp3) is 0.500. The van der Waals surface area contributed by atoms with Gasteiger partial charge in [-0.3, -0.25) is 4.79 Å². The minimum absolute atomic E-state index is 0.0916. The summed E-state index contributed by atoms with van der Waals surface area (Å²) >= 11 is 0. The van der Waals surface area contributed by atoms with E-state index in [2.05, 4.69) is 44.0 Å². The van der Waals surface area contributed by atoms with Crippen molar-refractivity contribution in [3.63, 3.8) is 0 Å². The number of aromatic amines is 1. The lowest BCUT2D eigenvalue weighted by molar-refractivity contribution is -0.145. The maximum atomic E-state index is 12.2. The van der Waals surface area contributed by atoms with Gasteiger partial charge in [0.2, 0.25) is 0 Å². The number of nitrogens with one attached hydrogen (secondary N) is 1. The van der Waals surface area contributed by atoms with Crippen molar-refractivity contribution >= 4 is 16.9 Å². The molecular formula is C18H25NO2. The third-order valence-corrected chi connectivity index (χ3v) is 3.93. The molecule has 0 amide bonds. The highest BCUT2D eigenvalue weighted by Crippen LogP contribution is 2.32. The van der Waals surface area contributed by atoms with Crippen LogP contribution in [0.25, 0.3) is 10.9 Å². The van der Waals surface area contributed by atoms with Crippen LogP contribution >= 0.6 is 0 Å². The lowest BCUT2D eigenvalue weighted by Crippen LogP contribution is -2.15. The fourth-order valence-electron chi connectivity index (χ4n) is 2.65. The number of fused-ring (bicyclic) bond motifs is 1. The number of ether oxygens (including phenoxy) is 1. The number of aromatic nitrogens is 1. The summed E-state index contributed by atoms with van der Waals surface area (Å²) in [5.41, 5.74) is 3.47. The van der Waals surface area contributed by atoms with Crippen molar-refractivity contribution in [1.29, 1.82) is 0 Å². The van der Waals surface area contributed by atoms with Gasteiger partial charge in [0.1, 0.15) is 0 Å². The van der Waals surface area contributed by atoms with Crippen LogP contribution in [0.1, 0.15) is 58.1 Å². The minimum atomic E-state index is -0.200. The summed E-state index contributed by atoms with van der Waals surface area (Å²) in [6, 6.07) is 6.44. The molecule has 21 heavy (non-hydrogen) atoms. The second-order valence-electron chi connectivity index (χ2n) is 6.47. The van der Waals surface area contributed by atoms with Gasteiger partial charge in [0.15, 0.2) is 0 Å². The van der Waals surface area contributed by atoms with Crippen molar-refractivity contribution in [3.05, 3.63) is 35.5 Å². The molecule has 114 valence electrons. The van der Waals surface area contributed by atoms with E-state index >= 15 is 0 Å². The van der Waals surface area contributed by atoms with Gasteiger partial charge in [0.05, 0.1) is 12.5 Å². The third-order valence-electron chi connectivity index (χ3n) is 3.93. The Morgan fingerprint density at radius 1 is 1.29 bits per heavy atom. The molecule has 2 aromatic rings. The summed E-state index contributed by atoms with van der Waals surface area (Å²) < 4.78 is 5.21. The van der Waals surface area contributed by atoms with Crippen LogP contribution in [0.3, 0.4) is 0 Å². The van der Waals surface area contributed by atoms with E-state index in [4.69, 9.17) is 4.74 Å². The lowest BCUT2D eigenvalue weighted by Gasteiger charge is -2.19. The fourth-order valence-corrected chi connectivity index (χ4v) is 2.65. The van der Waals surface area contributed by atoms with E-state index in [0.29, 0.717) is 6.61 Å². The maximum absolute atomic E-state index is 12.2. The quantitative estimate of drug-likeness (QED) is 0.840. The van der Waals surface area contributed by atoms with Crippen LogP contribution in [0.2, 0.25) is 0 Å². The van der Waals surface area contributed by atoms with Crippen LogP contribution in [0, 0.1) is 0 Å². The summed E-state index contributed by atoms with van der Waals surface area (Å²) in [5, 5.41) is 1.13. The Morgan fingerprint density at radius 3 is 2.57 bits per heavy atom. The number of carbonyl (C=O) groups is 1. The van der Waals surface area contributed by atoms with Crippen LogP contribution in [-0.4, -0.2) is 17.6 Å². The molecular weight excluding hydrogens is 262 g/mol. The molecule has 0 fully saturated rings. The van der Waals surface area contributed by atoms with Gasteiger partial charge in [-0.05, 0) is 42.0 Å². The van der Waals surface area contributed by atoms with Crippen molar-refractivity contribution in [2.24, 2.45) is 0 Å². The molecule has 0 spiro atoms. The molecule has 1 unspecified atom stereocenters. The maximum Gasteiger partial charge on any atom is 0.313 e. The summed E-state index contributed by atoms with van der Waals surface area (Å²) in [4.78, 5) is 15.4. The lowest BCUT2D eigenvalue weighted by atomic mass is 9.85. The molecule has 0 bridgehead atoms. The standard InChI is InChI=1S/C18H25NO2/c1-6-13(17(20)21-7-2)15-11-19-16-9-8-12(10-14(15)16)18(3,4)5/h8-11,13,19H,6-7H2,1-5H3. The van der Waals surface area contributed by atoms with Gasteiger partial charge in [0.25, 0.3) is 0 Å². The Morgan fingerprint density at radius 2 is 2.00 bits per heavy atom. The smallest absolute Gasteiger partial charge is 0.313 e. The molecule has 1 atom stereocenters. The van der Waals surface area contributed by atoms with Gasteiger partial charge in [-0.25, -0.2) is 0 Å². The summed E-state index contributed by atoms with van der Waals surface area (Å²) in [6.07, 6.45) is 2.69. The minimum Gasteiger partial charge on any atom is -0.466 e. The Bertz CT molecular complexity index is 634. The predicted molar refractivity (Wildman–Crippen MR) is 86.7 cm³/mol. The van der Waals surface area contributed by atoms with Crippen molar-refractivity contribution in [2.75, 3.05) is 6.61 Å². The molecule has 1 aromatic heterocycles. The molecule has 0 aliphatic heterocycles. The number of hydrogen-bond donors (Lipinski definition) is 1. The van der Waals surface area contributed by atoms with Gasteiger partial charge in [-0.15, -0.1) is 0 Å². The molecule has 0 aliphatic rings. The first-order valence-electron chi connectivity index (χ1n) is 7.66. The van der Waals surface area contributed by atoms with E-state index in [9.17, 15) is 4.79 Å². The molecule has 0 saturated carbocycles. The third kappa shape index (κ3) is 3.12. The first-order chi connectivity index (χ1) is 9.88. The predicted octanol–water partition coefficient (Wildman–Crippen LogP) is 4.52. The number of benzene rings is 1. The Labute approximate surface area is 126 Å². The molecule has 0 saturated heterocycles. The molecule has 1 aromatic carbocycles. The van der Waals surface area contributed by atoms with Crippen LogP contribution < -0.4 is 0 Å². The molecule has 0 aliphatic carbocycles. The first-order valence-corrected chi connectivity index (χ1v) is 7.66. The Balaban J connectivity index is 2.50. The second kappa shape index (κ2) is 5.92. The average molecular weight is 287 g/mol. The molecule has 3 heteroatoms. The van der Waals surface area contributed by atoms with Crippen molar-refractivity contribution < 1.29 is 9.53 Å². The topological polar surface area (TPSA) is 42.1 Å². The van der Waals surface area contributed by atoms with Crippen LogP contribution in [-0.2, 0) is 14.9 Å². The monoisotopic (exact) mass is 287 g/mol. The number of rotatable bonds is 4. The molecule has 3 nitrogen and oxygen atoms in total. The molecule has 1 N–H and O–H groups in total. The second-order valence-corrected chi connectivity index (χ2v) is 6.47. The number of hydrogen-bond acceptors (Lipinski definition) is 2. The van der Waals surface area contributed by atoms with Gasteiger partial charge < -0.3 is 9.72 Å². The number of carbonyl (C=O) groups excluding carboxylic acids is 1. The highest BCUT2D eigenvalue weighted by atomic mass is 16.5. The zero-order valence-corrected chi connectivity index (χ0v) is 13.6. The van der Waals surface area contributed by atoms with E-state index < -0.39 is 0 Å². The van der Waals surface area contributed by atoms with Crippen LogP contribution in [0.4, 0.5) is 0 Å². The number of esters is 1. The van der Waals surface area contributed by atoms with E-state index in [-0.39, 0.29) is 17.3 Å². The zero-order valence-electron chi connectivity index (χ0n) is 13.6. The molecule has 0 radical (unpaired) electrons. The molecule has 1 heterocycles. The van der Waals surface area contributed by atoms with E-state index in [0.717, 1.165) is 22.9 Å². The van der Waals surface area contributed by atoms with Crippen LogP contribution in [0.15, 0.2) is 24.4 Å². The van der Waals surface area contributed by atoms with Crippen molar-refractivity contribution in [2.45, 2.75) is 52.4 Å². The highest BCUT2D eigenvalue weighted by Gasteiger charge is 2.24. The van der Waals surface area contributed by atoms with Crippen molar-refractivity contribution in [1.82, 2.24) is 4.98 Å². The first kappa shape index (κ1) is 15.6. The number of H-pyrrole nitrogens is 1. The molecule has 2 rings (SSSR count). The normalized spacial score (nSPS) is 13.4. The SMILES string of the molecule is CCOC(=O)C(CC)c1c[nH]c2ccc(C(C)(C)C)cc12. The van der Waals surface area contributed by atoms with Gasteiger partial charge in [-0.2, -0.15) is 0 Å². The largest absolute Gasteiger partial charge is 0.466 e. The van der Waals surface area contributed by atoms with Gasteiger partial charge in [-0.1, -0.05) is 33.8 Å². The van der Waals surface area contributed by atoms with Crippen molar-refractivity contribution in [3.8, 4) is 0 Å². The van der Waals surface area contributed by atoms with E-state index in [1.165, 1.54) is 5.56 Å². The van der Waals surface area contributed by atoms with E-state index in [1.807, 2.05) is 20.0 Å². The van der Waals surface area contributed by atoms with E-state index in [1.54, 1.807) is 0 Å². The summed E-state index contributed by atoms with van der Waals surface area (Å²) in [7, 11) is 0. The van der Waals surface area contributed by atoms with Gasteiger partial charge in [0, 0.05) is 17.1 Å². The Hall–Kier alpha value is -1.77. The average Bonchev–Trinajstić information content (AvgIpc) is 2.82. The Kier molecular flexibility index (Phi) is 4.40. The van der Waals surface area contributed by atoms with Gasteiger partial charge >= 0.3 is 5.97 Å². The zero-order chi connectivity index (χ0) is 15.6. The summed E-state index contributed by atoms with van der Waals surface area (Å²) in [5.74, 6) is -0.337. The van der Waals surface area contributed by atoms with Crippen LogP contribution in [0.5, 0.6) is 0 Å². The highest BCUT2D eigenvalue weighted by molar-refractivity contribution is 5.90.